The Kier molecular flexibility index (Phi) is 5.54. The van der Waals surface area contributed by atoms with E-state index in [1.54, 1.807) is 6.92 Å². The first-order valence-electron chi connectivity index (χ1n) is 6.30. The predicted molar refractivity (Wildman–Crippen MR) is 68.8 cm³/mol. The Labute approximate surface area is 112 Å². The molecule has 1 atom stereocenters. The molecule has 1 aromatic rings. The van der Waals surface area contributed by atoms with Crippen molar-refractivity contribution in [2.75, 3.05) is 6.54 Å². The highest BCUT2D eigenvalue weighted by Gasteiger charge is 2.18. The first kappa shape index (κ1) is 15.2. The Morgan fingerprint density at radius 2 is 2.16 bits per heavy atom. The molecule has 0 aliphatic carbocycles. The monoisotopic (exact) mass is 268 g/mol. The summed E-state index contributed by atoms with van der Waals surface area (Å²) >= 11 is 0. The third-order valence-electron chi connectivity index (χ3n) is 2.77. The lowest BCUT2D eigenvalue weighted by Crippen LogP contribution is -2.31. The number of carboxylic acids is 1. The first-order chi connectivity index (χ1) is 8.90. The molecule has 0 saturated carbocycles. The fraction of sp³-hybridized carbons (Fsp3) is 0.615. The molecule has 0 spiro atoms. The van der Waals surface area contributed by atoms with Gasteiger partial charge in [0.15, 0.2) is 6.39 Å². The third kappa shape index (κ3) is 5.11. The van der Waals surface area contributed by atoms with Crippen LogP contribution in [0.4, 0.5) is 0 Å². The minimum atomic E-state index is -0.851. The number of rotatable bonds is 7. The highest BCUT2D eigenvalue weighted by Crippen LogP contribution is 2.15. The van der Waals surface area contributed by atoms with Gasteiger partial charge in [0.1, 0.15) is 0 Å². The lowest BCUT2D eigenvalue weighted by molar-refractivity contribution is -0.138. The van der Waals surface area contributed by atoms with Crippen LogP contribution in [0.3, 0.4) is 0 Å². The van der Waals surface area contributed by atoms with Crippen LogP contribution < -0.4 is 5.32 Å². The number of carboxylic acid groups (broad SMARTS) is 1. The Balaban J connectivity index is 2.53. The highest BCUT2D eigenvalue weighted by molar-refractivity contribution is 5.92. The van der Waals surface area contributed by atoms with E-state index in [9.17, 15) is 9.59 Å². The molecular weight excluding hydrogens is 248 g/mol. The maximum Gasteiger partial charge on any atom is 0.303 e. The Bertz CT molecular complexity index is 440. The topological polar surface area (TPSA) is 92.4 Å². The second-order valence-electron chi connectivity index (χ2n) is 5.07. The molecule has 0 fully saturated rings. The first-order valence-corrected chi connectivity index (χ1v) is 6.30. The van der Waals surface area contributed by atoms with Crippen molar-refractivity contribution in [3.8, 4) is 0 Å². The maximum absolute atomic E-state index is 11.8. The van der Waals surface area contributed by atoms with Crippen LogP contribution in [0.25, 0.3) is 0 Å². The molecule has 106 valence electrons. The van der Waals surface area contributed by atoms with Crippen LogP contribution in [0.2, 0.25) is 0 Å². The third-order valence-corrected chi connectivity index (χ3v) is 2.77. The van der Waals surface area contributed by atoms with Crippen molar-refractivity contribution in [1.29, 1.82) is 0 Å². The minimum Gasteiger partial charge on any atom is -0.481 e. The fourth-order valence-electron chi connectivity index (χ4n) is 1.99. The SMILES string of the molecule is Cc1ncoc1C(=O)NC[C@H](CC(=O)O)CC(C)C. The van der Waals surface area contributed by atoms with E-state index in [0.717, 1.165) is 6.42 Å². The molecule has 2 N–H and O–H groups in total. The van der Waals surface area contributed by atoms with E-state index < -0.39 is 5.97 Å². The predicted octanol–water partition coefficient (Wildman–Crippen LogP) is 1.85. The number of amides is 1. The van der Waals surface area contributed by atoms with Crippen molar-refractivity contribution >= 4 is 11.9 Å². The molecule has 0 unspecified atom stereocenters. The van der Waals surface area contributed by atoms with Gasteiger partial charge in [-0.15, -0.1) is 0 Å². The summed E-state index contributed by atoms with van der Waals surface area (Å²) in [6.45, 7) is 6.05. The van der Waals surface area contributed by atoms with E-state index in [-0.39, 0.29) is 24.0 Å². The van der Waals surface area contributed by atoms with Crippen LogP contribution in [0, 0.1) is 18.8 Å². The molecule has 0 aliphatic heterocycles. The lowest BCUT2D eigenvalue weighted by Gasteiger charge is -2.17. The van der Waals surface area contributed by atoms with Crippen LogP contribution in [0.15, 0.2) is 10.8 Å². The number of aryl methyl sites for hydroxylation is 1. The quantitative estimate of drug-likeness (QED) is 0.787. The summed E-state index contributed by atoms with van der Waals surface area (Å²) in [6, 6.07) is 0. The van der Waals surface area contributed by atoms with Crippen molar-refractivity contribution in [2.24, 2.45) is 11.8 Å². The van der Waals surface area contributed by atoms with E-state index in [1.807, 2.05) is 13.8 Å². The maximum atomic E-state index is 11.8. The van der Waals surface area contributed by atoms with Crippen LogP contribution in [0.5, 0.6) is 0 Å². The van der Waals surface area contributed by atoms with Crippen LogP contribution in [-0.4, -0.2) is 28.5 Å². The van der Waals surface area contributed by atoms with Gasteiger partial charge in [0.05, 0.1) is 5.69 Å². The number of nitrogens with one attached hydrogen (secondary N) is 1. The zero-order valence-corrected chi connectivity index (χ0v) is 11.5. The molecule has 1 rings (SSSR count). The van der Waals surface area contributed by atoms with Crippen molar-refractivity contribution in [3.63, 3.8) is 0 Å². The number of hydrogen-bond donors (Lipinski definition) is 2. The number of carbonyl (C=O) groups excluding carboxylic acids is 1. The molecular formula is C13H20N2O4. The summed E-state index contributed by atoms with van der Waals surface area (Å²) in [5, 5.41) is 11.5. The van der Waals surface area contributed by atoms with Gasteiger partial charge < -0.3 is 14.8 Å². The summed E-state index contributed by atoms with van der Waals surface area (Å²) in [5.41, 5.74) is 0.524. The molecule has 19 heavy (non-hydrogen) atoms. The fourth-order valence-corrected chi connectivity index (χ4v) is 1.99. The number of nitrogens with zero attached hydrogens (tertiary/aromatic N) is 1. The molecule has 1 amide bonds. The van der Waals surface area contributed by atoms with Crippen molar-refractivity contribution in [1.82, 2.24) is 10.3 Å². The summed E-state index contributed by atoms with van der Waals surface area (Å²) in [6.07, 6.45) is 2.02. The van der Waals surface area contributed by atoms with Crippen molar-refractivity contribution in [2.45, 2.75) is 33.6 Å². The molecule has 6 heteroatoms. The zero-order valence-electron chi connectivity index (χ0n) is 11.5. The average molecular weight is 268 g/mol. The van der Waals surface area contributed by atoms with Gasteiger partial charge in [0.25, 0.3) is 5.91 Å². The van der Waals surface area contributed by atoms with Gasteiger partial charge in [0, 0.05) is 13.0 Å². The largest absolute Gasteiger partial charge is 0.481 e. The zero-order chi connectivity index (χ0) is 14.4. The minimum absolute atomic E-state index is 0.0495. The highest BCUT2D eigenvalue weighted by atomic mass is 16.4. The summed E-state index contributed by atoms with van der Waals surface area (Å²) < 4.78 is 4.98. The Hall–Kier alpha value is -1.85. The molecule has 1 heterocycles. The average Bonchev–Trinajstić information content (AvgIpc) is 2.70. The van der Waals surface area contributed by atoms with Gasteiger partial charge in [-0.2, -0.15) is 0 Å². The number of aliphatic carboxylic acids is 1. The molecule has 0 saturated heterocycles. The number of oxazole rings is 1. The van der Waals surface area contributed by atoms with E-state index >= 15 is 0 Å². The van der Waals surface area contributed by atoms with E-state index in [1.165, 1.54) is 6.39 Å². The van der Waals surface area contributed by atoms with Gasteiger partial charge in [0.2, 0.25) is 5.76 Å². The standard InChI is InChI=1S/C13H20N2O4/c1-8(2)4-10(5-11(16)17)6-14-13(18)12-9(3)15-7-19-12/h7-8,10H,4-6H2,1-3H3,(H,14,18)(H,16,17)/t10-/m0/s1. The van der Waals surface area contributed by atoms with Crippen LogP contribution >= 0.6 is 0 Å². The molecule has 6 nitrogen and oxygen atoms in total. The van der Waals surface area contributed by atoms with Gasteiger partial charge in [-0.1, -0.05) is 13.8 Å². The van der Waals surface area contributed by atoms with E-state index in [2.05, 4.69) is 10.3 Å². The number of aromatic nitrogens is 1. The van der Waals surface area contributed by atoms with E-state index in [4.69, 9.17) is 9.52 Å². The van der Waals surface area contributed by atoms with Gasteiger partial charge >= 0.3 is 5.97 Å². The van der Waals surface area contributed by atoms with E-state index in [0.29, 0.717) is 18.2 Å². The lowest BCUT2D eigenvalue weighted by atomic mass is 9.94. The van der Waals surface area contributed by atoms with Gasteiger partial charge in [-0.3, -0.25) is 9.59 Å². The van der Waals surface area contributed by atoms with Gasteiger partial charge in [-0.25, -0.2) is 4.98 Å². The molecule has 0 radical (unpaired) electrons. The molecule has 0 bridgehead atoms. The molecule has 0 aliphatic rings. The van der Waals surface area contributed by atoms with Crippen molar-refractivity contribution in [3.05, 3.63) is 17.8 Å². The Morgan fingerprint density at radius 3 is 2.63 bits per heavy atom. The van der Waals surface area contributed by atoms with Gasteiger partial charge in [-0.05, 0) is 25.2 Å². The smallest absolute Gasteiger partial charge is 0.303 e. The van der Waals surface area contributed by atoms with Crippen LogP contribution in [-0.2, 0) is 4.79 Å². The molecule has 0 aromatic carbocycles. The van der Waals surface area contributed by atoms with Crippen LogP contribution in [0.1, 0.15) is 42.9 Å². The second-order valence-corrected chi connectivity index (χ2v) is 5.07. The van der Waals surface area contributed by atoms with Crippen molar-refractivity contribution < 1.29 is 19.1 Å². The summed E-state index contributed by atoms with van der Waals surface area (Å²) in [4.78, 5) is 26.4. The number of hydrogen-bond acceptors (Lipinski definition) is 4. The normalized spacial score (nSPS) is 12.4. The second kappa shape index (κ2) is 6.92. The summed E-state index contributed by atoms with van der Waals surface area (Å²) in [5.74, 6) is -0.721. The summed E-state index contributed by atoms with van der Waals surface area (Å²) in [7, 11) is 0. The Morgan fingerprint density at radius 1 is 1.47 bits per heavy atom. The number of carbonyl (C=O) groups is 2. The molecule has 1 aromatic heterocycles.